The maximum Gasteiger partial charge on any atom is 0.242 e. The van der Waals surface area contributed by atoms with Gasteiger partial charge in [0.25, 0.3) is 0 Å². The number of hydrogen-bond acceptors (Lipinski definition) is 3. The summed E-state index contributed by atoms with van der Waals surface area (Å²) in [5.74, 6) is 0.0409. The zero-order valence-electron chi connectivity index (χ0n) is 9.78. The summed E-state index contributed by atoms with van der Waals surface area (Å²) in [5, 5.41) is 14.7. The molecule has 2 rings (SSSR count). The first kappa shape index (κ1) is 11.9. The fourth-order valence-electron chi connectivity index (χ4n) is 2.03. The number of amides is 1. The molecule has 1 amide bonds. The van der Waals surface area contributed by atoms with Crippen molar-refractivity contribution in [3.05, 3.63) is 29.8 Å². The van der Waals surface area contributed by atoms with Gasteiger partial charge in [-0.3, -0.25) is 4.79 Å². The van der Waals surface area contributed by atoms with E-state index >= 15 is 0 Å². The maximum atomic E-state index is 11.8. The van der Waals surface area contributed by atoms with Crippen LogP contribution in [0, 0.1) is 0 Å². The molecule has 0 spiro atoms. The Bertz CT molecular complexity index is 368. The summed E-state index contributed by atoms with van der Waals surface area (Å²) in [5.41, 5.74) is 2.26. The highest BCUT2D eigenvalue weighted by molar-refractivity contribution is 5.87. The van der Waals surface area contributed by atoms with Crippen LogP contribution in [0.2, 0.25) is 0 Å². The predicted octanol–water partition coefficient (Wildman–Crippen LogP) is 0.912. The molecule has 1 aliphatic heterocycles. The molecular formula is C13H18N2O2. The molecule has 17 heavy (non-hydrogen) atoms. The molecule has 1 aliphatic rings. The van der Waals surface area contributed by atoms with Crippen LogP contribution in [0.15, 0.2) is 24.3 Å². The number of aliphatic hydroxyl groups is 1. The molecule has 4 heteroatoms. The van der Waals surface area contributed by atoms with Crippen LogP contribution in [-0.4, -0.2) is 30.2 Å². The zero-order chi connectivity index (χ0) is 12.1. The lowest BCUT2D eigenvalue weighted by Gasteiger charge is -2.11. The Morgan fingerprint density at radius 1 is 1.41 bits per heavy atom. The molecule has 0 aliphatic carbocycles. The number of carbonyl (C=O) groups is 1. The number of aliphatic hydroxyl groups excluding tert-OH is 1. The van der Waals surface area contributed by atoms with Crippen molar-refractivity contribution in [1.29, 1.82) is 0 Å². The van der Waals surface area contributed by atoms with E-state index in [1.165, 1.54) is 5.56 Å². The summed E-state index contributed by atoms with van der Waals surface area (Å²) in [6.45, 7) is 0.816. The van der Waals surface area contributed by atoms with Gasteiger partial charge in [0.1, 0.15) is 6.04 Å². The quantitative estimate of drug-likeness (QED) is 0.664. The summed E-state index contributed by atoms with van der Waals surface area (Å²) < 4.78 is 0. The highest BCUT2D eigenvalue weighted by Crippen LogP contribution is 2.24. The van der Waals surface area contributed by atoms with Crippen LogP contribution < -0.4 is 10.6 Å². The van der Waals surface area contributed by atoms with Gasteiger partial charge in [0.05, 0.1) is 0 Å². The van der Waals surface area contributed by atoms with Gasteiger partial charge in [-0.2, -0.15) is 0 Å². The van der Waals surface area contributed by atoms with Crippen molar-refractivity contribution >= 4 is 11.6 Å². The topological polar surface area (TPSA) is 61.4 Å². The molecule has 92 valence electrons. The third-order valence-electron chi connectivity index (χ3n) is 2.97. The fourth-order valence-corrected chi connectivity index (χ4v) is 2.03. The third kappa shape index (κ3) is 2.97. The van der Waals surface area contributed by atoms with Crippen LogP contribution in [0.4, 0.5) is 5.69 Å². The van der Waals surface area contributed by atoms with Crippen LogP contribution in [0.5, 0.6) is 0 Å². The van der Waals surface area contributed by atoms with E-state index in [1.807, 2.05) is 24.3 Å². The minimum absolute atomic E-state index is 0.0409. The number of hydrogen-bond donors (Lipinski definition) is 3. The van der Waals surface area contributed by atoms with Crippen molar-refractivity contribution < 1.29 is 9.90 Å². The molecule has 1 aromatic rings. The first-order valence-corrected chi connectivity index (χ1v) is 6.04. The Labute approximate surface area is 101 Å². The number of nitrogens with one attached hydrogen (secondary N) is 2. The smallest absolute Gasteiger partial charge is 0.242 e. The van der Waals surface area contributed by atoms with Gasteiger partial charge in [0.2, 0.25) is 5.91 Å². The second-order valence-electron chi connectivity index (χ2n) is 4.28. The SMILES string of the molecule is O=C(NCCCCO)C1Cc2ccccc2N1. The number of anilines is 1. The molecular weight excluding hydrogens is 216 g/mol. The standard InChI is InChI=1S/C13H18N2O2/c16-8-4-3-7-14-13(17)12-9-10-5-1-2-6-11(10)15-12/h1-2,5-6,12,15-16H,3-4,7-9H2,(H,14,17). The minimum Gasteiger partial charge on any atom is -0.396 e. The van der Waals surface area contributed by atoms with E-state index in [2.05, 4.69) is 10.6 Å². The molecule has 1 aromatic carbocycles. The first-order valence-electron chi connectivity index (χ1n) is 6.04. The molecule has 1 unspecified atom stereocenters. The lowest BCUT2D eigenvalue weighted by molar-refractivity contribution is -0.121. The molecule has 0 bridgehead atoms. The van der Waals surface area contributed by atoms with Gasteiger partial charge >= 0.3 is 0 Å². The molecule has 1 atom stereocenters. The number of carbonyl (C=O) groups excluding carboxylic acids is 1. The van der Waals surface area contributed by atoms with E-state index in [1.54, 1.807) is 0 Å². The average Bonchev–Trinajstić information content (AvgIpc) is 2.78. The van der Waals surface area contributed by atoms with Crippen LogP contribution in [0.25, 0.3) is 0 Å². The van der Waals surface area contributed by atoms with Crippen molar-refractivity contribution in [3.63, 3.8) is 0 Å². The van der Waals surface area contributed by atoms with Crippen LogP contribution in [-0.2, 0) is 11.2 Å². The monoisotopic (exact) mass is 234 g/mol. The van der Waals surface area contributed by atoms with E-state index in [-0.39, 0.29) is 18.6 Å². The van der Waals surface area contributed by atoms with E-state index in [4.69, 9.17) is 5.11 Å². The van der Waals surface area contributed by atoms with E-state index in [9.17, 15) is 4.79 Å². The number of para-hydroxylation sites is 1. The van der Waals surface area contributed by atoms with E-state index < -0.39 is 0 Å². The van der Waals surface area contributed by atoms with E-state index in [0.29, 0.717) is 6.54 Å². The molecule has 0 saturated carbocycles. The Balaban J connectivity index is 1.80. The van der Waals surface area contributed by atoms with Gasteiger partial charge in [0.15, 0.2) is 0 Å². The predicted molar refractivity (Wildman–Crippen MR) is 66.9 cm³/mol. The van der Waals surface area contributed by atoms with Gasteiger partial charge in [-0.15, -0.1) is 0 Å². The van der Waals surface area contributed by atoms with Gasteiger partial charge in [-0.25, -0.2) is 0 Å². The van der Waals surface area contributed by atoms with Crippen molar-refractivity contribution in [2.45, 2.75) is 25.3 Å². The van der Waals surface area contributed by atoms with Crippen molar-refractivity contribution in [3.8, 4) is 0 Å². The van der Waals surface area contributed by atoms with Crippen LogP contribution in [0.3, 0.4) is 0 Å². The van der Waals surface area contributed by atoms with Crippen molar-refractivity contribution in [2.24, 2.45) is 0 Å². The fraction of sp³-hybridized carbons (Fsp3) is 0.462. The number of benzene rings is 1. The van der Waals surface area contributed by atoms with Gasteiger partial charge in [-0.05, 0) is 24.5 Å². The molecule has 1 heterocycles. The number of fused-ring (bicyclic) bond motifs is 1. The lowest BCUT2D eigenvalue weighted by Crippen LogP contribution is -2.38. The molecule has 0 saturated heterocycles. The Morgan fingerprint density at radius 3 is 3.00 bits per heavy atom. The number of unbranched alkanes of at least 4 members (excludes halogenated alkanes) is 1. The Kier molecular flexibility index (Phi) is 3.98. The first-order chi connectivity index (χ1) is 8.31. The van der Waals surface area contributed by atoms with Crippen LogP contribution in [0.1, 0.15) is 18.4 Å². The molecule has 0 radical (unpaired) electrons. The largest absolute Gasteiger partial charge is 0.396 e. The normalized spacial score (nSPS) is 17.4. The Hall–Kier alpha value is -1.55. The van der Waals surface area contributed by atoms with E-state index in [0.717, 1.165) is 24.9 Å². The number of rotatable bonds is 5. The summed E-state index contributed by atoms with van der Waals surface area (Å²) in [6, 6.07) is 7.84. The Morgan fingerprint density at radius 2 is 2.24 bits per heavy atom. The third-order valence-corrected chi connectivity index (χ3v) is 2.97. The average molecular weight is 234 g/mol. The van der Waals surface area contributed by atoms with Gasteiger partial charge in [-0.1, -0.05) is 18.2 Å². The van der Waals surface area contributed by atoms with Crippen molar-refractivity contribution in [2.75, 3.05) is 18.5 Å². The molecule has 4 nitrogen and oxygen atoms in total. The maximum absolute atomic E-state index is 11.8. The summed E-state index contributed by atoms with van der Waals surface area (Å²) in [6.07, 6.45) is 2.31. The van der Waals surface area contributed by atoms with Crippen molar-refractivity contribution in [1.82, 2.24) is 5.32 Å². The van der Waals surface area contributed by atoms with Gasteiger partial charge in [0, 0.05) is 25.3 Å². The highest BCUT2D eigenvalue weighted by atomic mass is 16.2. The lowest BCUT2D eigenvalue weighted by atomic mass is 10.1. The summed E-state index contributed by atoms with van der Waals surface area (Å²) in [7, 11) is 0. The van der Waals surface area contributed by atoms with Crippen LogP contribution >= 0.6 is 0 Å². The van der Waals surface area contributed by atoms with Gasteiger partial charge < -0.3 is 15.7 Å². The molecule has 0 fully saturated rings. The highest BCUT2D eigenvalue weighted by Gasteiger charge is 2.25. The molecule has 0 aromatic heterocycles. The second kappa shape index (κ2) is 5.68. The summed E-state index contributed by atoms with van der Waals surface area (Å²) in [4.78, 5) is 11.8. The summed E-state index contributed by atoms with van der Waals surface area (Å²) >= 11 is 0. The zero-order valence-corrected chi connectivity index (χ0v) is 9.78. The molecule has 3 N–H and O–H groups in total. The second-order valence-corrected chi connectivity index (χ2v) is 4.28. The minimum atomic E-state index is -0.151.